The maximum absolute atomic E-state index is 12.0. The minimum Gasteiger partial charge on any atom is -0.619 e. The highest BCUT2D eigenvalue weighted by atomic mass is 19.1. The Hall–Kier alpha value is -1.12. The van der Waals surface area contributed by atoms with Crippen LogP contribution in [0.2, 0.25) is 0 Å². The quantitative estimate of drug-likeness (QED) is 0.425. The van der Waals surface area contributed by atoms with Gasteiger partial charge in [-0.25, -0.2) is 4.39 Å². The molecule has 0 radical (unpaired) electrons. The van der Waals surface area contributed by atoms with Crippen LogP contribution in [0.15, 0.2) is 18.3 Å². The lowest BCUT2D eigenvalue weighted by molar-refractivity contribution is -0.612. The molecule has 0 amide bonds. The van der Waals surface area contributed by atoms with E-state index in [1.54, 1.807) is 13.0 Å². The molecule has 0 aromatic carbocycles. The van der Waals surface area contributed by atoms with Crippen LogP contribution >= 0.6 is 0 Å². The lowest BCUT2D eigenvalue weighted by Gasteiger charge is -2.01. The van der Waals surface area contributed by atoms with Crippen LogP contribution < -0.4 is 4.73 Å². The molecule has 0 spiro atoms. The molecule has 54 valence electrons. The van der Waals surface area contributed by atoms with Crippen LogP contribution in [-0.4, -0.2) is 0 Å². The summed E-state index contributed by atoms with van der Waals surface area (Å²) < 4.78 is 12.7. The van der Waals surface area contributed by atoms with Gasteiger partial charge in [0, 0.05) is 13.0 Å². The summed E-state index contributed by atoms with van der Waals surface area (Å²) >= 11 is 0. The summed E-state index contributed by atoms with van der Waals surface area (Å²) in [5.41, 5.74) is 0.891. The molecular formula is C7H8FNO. The first-order valence-electron chi connectivity index (χ1n) is 2.99. The van der Waals surface area contributed by atoms with E-state index in [1.807, 2.05) is 0 Å². The first-order valence-corrected chi connectivity index (χ1v) is 2.99. The third kappa shape index (κ3) is 1.07. The van der Waals surface area contributed by atoms with E-state index >= 15 is 0 Å². The molecule has 2 nitrogen and oxygen atoms in total. The zero-order chi connectivity index (χ0) is 7.56. The molecule has 1 aromatic heterocycles. The Morgan fingerprint density at radius 2 is 2.40 bits per heavy atom. The molecule has 0 bridgehead atoms. The maximum Gasteiger partial charge on any atom is 0.195 e. The highest BCUT2D eigenvalue weighted by Gasteiger charge is 2.03. The Bertz CT molecular complexity index is 237. The van der Waals surface area contributed by atoms with Crippen molar-refractivity contribution in [2.45, 2.75) is 13.6 Å². The van der Waals surface area contributed by atoms with Gasteiger partial charge < -0.3 is 5.21 Å². The number of aromatic nitrogens is 1. The van der Waals surface area contributed by atoms with Gasteiger partial charge in [0.1, 0.15) is 6.67 Å². The van der Waals surface area contributed by atoms with E-state index in [1.165, 1.54) is 12.3 Å². The third-order valence-corrected chi connectivity index (χ3v) is 1.46. The van der Waals surface area contributed by atoms with Gasteiger partial charge >= 0.3 is 0 Å². The SMILES string of the molecule is Cc1c(CF)ccc[n+]1[O-]. The van der Waals surface area contributed by atoms with E-state index in [4.69, 9.17) is 0 Å². The summed E-state index contributed by atoms with van der Waals surface area (Å²) in [6, 6.07) is 3.14. The number of nitrogens with zero attached hydrogens (tertiary/aromatic N) is 1. The largest absolute Gasteiger partial charge is 0.619 e. The minimum absolute atomic E-state index is 0.435. The fourth-order valence-corrected chi connectivity index (χ4v) is 0.753. The van der Waals surface area contributed by atoms with E-state index in [2.05, 4.69) is 0 Å². The molecule has 1 heterocycles. The van der Waals surface area contributed by atoms with Gasteiger partial charge in [-0.3, -0.25) is 0 Å². The monoisotopic (exact) mass is 141 g/mol. The number of rotatable bonds is 1. The second-order valence-electron chi connectivity index (χ2n) is 2.08. The standard InChI is InChI=1S/C7H8FNO/c1-6-7(5-8)3-2-4-9(6)10/h2-4H,5H2,1H3. The van der Waals surface area contributed by atoms with Crippen molar-refractivity contribution in [3.05, 3.63) is 34.8 Å². The average molecular weight is 141 g/mol. The van der Waals surface area contributed by atoms with Crippen LogP contribution in [0.4, 0.5) is 4.39 Å². The fraction of sp³-hybridized carbons (Fsp3) is 0.286. The highest BCUT2D eigenvalue weighted by molar-refractivity contribution is 5.12. The molecule has 1 rings (SSSR count). The number of hydrogen-bond acceptors (Lipinski definition) is 1. The zero-order valence-electron chi connectivity index (χ0n) is 5.67. The van der Waals surface area contributed by atoms with Gasteiger partial charge in [0.25, 0.3) is 0 Å². The predicted molar refractivity (Wildman–Crippen MR) is 35.0 cm³/mol. The fourth-order valence-electron chi connectivity index (χ4n) is 0.753. The first-order chi connectivity index (χ1) is 4.75. The van der Waals surface area contributed by atoms with E-state index in [0.717, 1.165) is 0 Å². The second kappa shape index (κ2) is 2.64. The summed E-state index contributed by atoms with van der Waals surface area (Å²) in [7, 11) is 0. The molecule has 0 fully saturated rings. The summed E-state index contributed by atoms with van der Waals surface area (Å²) in [5, 5.41) is 10.7. The molecule has 0 atom stereocenters. The summed E-state index contributed by atoms with van der Waals surface area (Å²) in [6.45, 7) is 1.02. The van der Waals surface area contributed by atoms with Crippen LogP contribution in [0, 0.1) is 12.1 Å². The Morgan fingerprint density at radius 3 is 2.90 bits per heavy atom. The number of hydrogen-bond donors (Lipinski definition) is 0. The number of pyridine rings is 1. The normalized spacial score (nSPS) is 9.80. The first kappa shape index (κ1) is 6.99. The second-order valence-corrected chi connectivity index (χ2v) is 2.08. The molecule has 0 aliphatic carbocycles. The van der Waals surface area contributed by atoms with E-state index < -0.39 is 6.67 Å². The van der Waals surface area contributed by atoms with Gasteiger partial charge in [-0.2, -0.15) is 4.73 Å². The van der Waals surface area contributed by atoms with Crippen LogP contribution in [0.3, 0.4) is 0 Å². The summed E-state index contributed by atoms with van der Waals surface area (Å²) in [4.78, 5) is 0. The molecule has 1 aromatic rings. The number of alkyl halides is 1. The lowest BCUT2D eigenvalue weighted by atomic mass is 10.2. The van der Waals surface area contributed by atoms with Crippen molar-refractivity contribution < 1.29 is 9.12 Å². The Balaban J connectivity index is 3.14. The molecule has 0 saturated heterocycles. The molecule has 0 aliphatic heterocycles. The van der Waals surface area contributed by atoms with Gasteiger partial charge in [-0.1, -0.05) is 0 Å². The Morgan fingerprint density at radius 1 is 1.70 bits per heavy atom. The molecule has 0 N–H and O–H groups in total. The van der Waals surface area contributed by atoms with Crippen molar-refractivity contribution in [1.29, 1.82) is 0 Å². The van der Waals surface area contributed by atoms with Crippen molar-refractivity contribution >= 4 is 0 Å². The van der Waals surface area contributed by atoms with Crippen LogP contribution in [0.1, 0.15) is 11.3 Å². The minimum atomic E-state index is -0.574. The molecule has 10 heavy (non-hydrogen) atoms. The van der Waals surface area contributed by atoms with Gasteiger partial charge in [0.2, 0.25) is 0 Å². The highest BCUT2D eigenvalue weighted by Crippen LogP contribution is 2.02. The van der Waals surface area contributed by atoms with Crippen LogP contribution in [-0.2, 0) is 6.67 Å². The average Bonchev–Trinajstić information content (AvgIpc) is 1.95. The molecular weight excluding hydrogens is 133 g/mol. The molecule has 0 unspecified atom stereocenters. The van der Waals surface area contributed by atoms with Crippen LogP contribution in [0.25, 0.3) is 0 Å². The van der Waals surface area contributed by atoms with Gasteiger partial charge in [-0.15, -0.1) is 0 Å². The zero-order valence-corrected chi connectivity index (χ0v) is 5.67. The van der Waals surface area contributed by atoms with Crippen molar-refractivity contribution in [1.82, 2.24) is 0 Å². The predicted octanol–water partition coefficient (Wildman–Crippen LogP) is 1.10. The molecule has 0 aliphatic rings. The van der Waals surface area contributed by atoms with Crippen molar-refractivity contribution in [2.24, 2.45) is 0 Å². The topological polar surface area (TPSA) is 26.9 Å². The van der Waals surface area contributed by atoms with Crippen LogP contribution in [0.5, 0.6) is 0 Å². The molecule has 0 saturated carbocycles. The van der Waals surface area contributed by atoms with Crippen molar-refractivity contribution in [2.75, 3.05) is 0 Å². The van der Waals surface area contributed by atoms with Gasteiger partial charge in [-0.05, 0) is 6.07 Å². The summed E-state index contributed by atoms with van der Waals surface area (Å²) in [6.07, 6.45) is 1.36. The third-order valence-electron chi connectivity index (χ3n) is 1.46. The smallest absolute Gasteiger partial charge is 0.195 e. The maximum atomic E-state index is 12.0. The Labute approximate surface area is 58.5 Å². The van der Waals surface area contributed by atoms with Crippen molar-refractivity contribution in [3.8, 4) is 0 Å². The lowest BCUT2D eigenvalue weighted by Crippen LogP contribution is -2.30. The van der Waals surface area contributed by atoms with Gasteiger partial charge in [0.05, 0.1) is 5.56 Å². The van der Waals surface area contributed by atoms with Crippen molar-refractivity contribution in [3.63, 3.8) is 0 Å². The van der Waals surface area contributed by atoms with E-state index in [0.29, 0.717) is 16.0 Å². The Kier molecular flexibility index (Phi) is 1.85. The van der Waals surface area contributed by atoms with E-state index in [9.17, 15) is 9.60 Å². The number of halogens is 1. The molecule has 3 heteroatoms. The van der Waals surface area contributed by atoms with E-state index in [-0.39, 0.29) is 0 Å². The van der Waals surface area contributed by atoms with Gasteiger partial charge in [0.15, 0.2) is 11.9 Å². The summed E-state index contributed by atoms with van der Waals surface area (Å²) in [5.74, 6) is 0.